The van der Waals surface area contributed by atoms with E-state index in [2.05, 4.69) is 13.0 Å². The summed E-state index contributed by atoms with van der Waals surface area (Å²) in [5.41, 5.74) is -2.35. The highest BCUT2D eigenvalue weighted by atomic mass is 16.7. The molecular weight excluding hydrogens is 568 g/mol. The number of aliphatic carboxylic acids is 1. The number of carbonyl (C=O) groups is 3. The Morgan fingerprint density at radius 1 is 1.20 bits per heavy atom. The van der Waals surface area contributed by atoms with Crippen LogP contribution in [0.5, 0.6) is 0 Å². The molecule has 1 heterocycles. The van der Waals surface area contributed by atoms with E-state index in [4.69, 9.17) is 18.9 Å². The SMILES string of the molecule is C/C=C/C=C(/C)C(=O)O[C@H]1[C@H](O)[C@H](OC[C@@]23C[C@@H]4[C@H](C)CC[C@H]4[C@@]4(C=O)C[C@H]2C=C(C(C)C)[C@@]34C(=O)O)O[C@H](CO)[C@H]1OC. The van der Waals surface area contributed by atoms with Crippen LogP contribution >= 0.6 is 0 Å². The van der Waals surface area contributed by atoms with Gasteiger partial charge in [-0.1, -0.05) is 57.1 Å². The lowest BCUT2D eigenvalue weighted by Crippen LogP contribution is -2.65. The second-order valence-electron chi connectivity index (χ2n) is 14.0. The number of aliphatic hydroxyl groups excluding tert-OH is 2. The largest absolute Gasteiger partial charge is 0.481 e. The fourth-order valence-corrected chi connectivity index (χ4v) is 9.99. The van der Waals surface area contributed by atoms with Gasteiger partial charge in [-0.05, 0) is 62.7 Å². The van der Waals surface area contributed by atoms with Crippen molar-refractivity contribution in [3.05, 3.63) is 35.5 Å². The Balaban J connectivity index is 1.50. The highest BCUT2D eigenvalue weighted by Crippen LogP contribution is 2.82. The molecule has 0 amide bonds. The van der Waals surface area contributed by atoms with Crippen molar-refractivity contribution < 1.29 is 48.7 Å². The summed E-state index contributed by atoms with van der Waals surface area (Å²) in [7, 11) is 1.37. The van der Waals surface area contributed by atoms with Crippen molar-refractivity contribution in [1.82, 2.24) is 0 Å². The number of esters is 1. The number of ether oxygens (including phenoxy) is 4. The van der Waals surface area contributed by atoms with Gasteiger partial charge in [0.2, 0.25) is 0 Å². The second kappa shape index (κ2) is 12.1. The zero-order chi connectivity index (χ0) is 32.2. The number of hydrogen-bond acceptors (Lipinski definition) is 9. The Bertz CT molecular complexity index is 1240. The summed E-state index contributed by atoms with van der Waals surface area (Å²) in [5.74, 6) is -1.48. The number of rotatable bonds is 11. The number of methoxy groups -OCH3 is 1. The van der Waals surface area contributed by atoms with E-state index in [1.807, 2.05) is 20.8 Å². The van der Waals surface area contributed by atoms with Gasteiger partial charge < -0.3 is 39.1 Å². The first-order valence-electron chi connectivity index (χ1n) is 15.9. The zero-order valence-corrected chi connectivity index (χ0v) is 26.6. The molecule has 44 heavy (non-hydrogen) atoms. The molecule has 4 fully saturated rings. The van der Waals surface area contributed by atoms with Crippen LogP contribution in [0.15, 0.2) is 35.5 Å². The van der Waals surface area contributed by atoms with Gasteiger partial charge in [-0.2, -0.15) is 0 Å². The number of allylic oxidation sites excluding steroid dienone is 4. The lowest BCUT2D eigenvalue weighted by Gasteiger charge is -2.58. The maximum Gasteiger partial charge on any atom is 0.334 e. The van der Waals surface area contributed by atoms with Gasteiger partial charge in [0, 0.05) is 18.1 Å². The smallest absolute Gasteiger partial charge is 0.334 e. The molecule has 5 aliphatic rings. The first kappa shape index (κ1) is 33.0. The maximum absolute atomic E-state index is 13.7. The van der Waals surface area contributed by atoms with Crippen LogP contribution < -0.4 is 0 Å². The summed E-state index contributed by atoms with van der Waals surface area (Å²) >= 11 is 0. The van der Waals surface area contributed by atoms with E-state index in [0.29, 0.717) is 24.3 Å². The summed E-state index contributed by atoms with van der Waals surface area (Å²) in [6.07, 6.45) is 4.85. The van der Waals surface area contributed by atoms with Gasteiger partial charge in [-0.25, -0.2) is 4.79 Å². The lowest BCUT2D eigenvalue weighted by atomic mass is 9.43. The summed E-state index contributed by atoms with van der Waals surface area (Å²) in [4.78, 5) is 39.9. The Labute approximate surface area is 259 Å². The minimum atomic E-state index is -1.49. The number of carboxylic acids is 1. The summed E-state index contributed by atoms with van der Waals surface area (Å²) in [6, 6.07) is 0. The fourth-order valence-electron chi connectivity index (χ4n) is 9.99. The molecule has 4 bridgehead atoms. The Morgan fingerprint density at radius 3 is 2.52 bits per heavy atom. The monoisotopic (exact) mass is 616 g/mol. The molecule has 3 saturated carbocycles. The topological polar surface area (TPSA) is 149 Å². The van der Waals surface area contributed by atoms with Crippen molar-refractivity contribution in [2.75, 3.05) is 20.3 Å². The first-order chi connectivity index (χ1) is 20.9. The second-order valence-corrected chi connectivity index (χ2v) is 14.0. The van der Waals surface area contributed by atoms with Gasteiger partial charge in [0.15, 0.2) is 12.4 Å². The van der Waals surface area contributed by atoms with Crippen molar-refractivity contribution in [1.29, 1.82) is 0 Å². The number of carbonyl (C=O) groups excluding carboxylic acids is 2. The molecule has 0 aromatic rings. The van der Waals surface area contributed by atoms with Crippen molar-refractivity contribution in [2.45, 2.75) is 91.0 Å². The van der Waals surface area contributed by atoms with Crippen LogP contribution in [0.2, 0.25) is 0 Å². The highest BCUT2D eigenvalue weighted by molar-refractivity contribution is 5.90. The number of aliphatic hydroxyl groups is 2. The van der Waals surface area contributed by atoms with E-state index < -0.39 is 65.5 Å². The predicted molar refractivity (Wildman–Crippen MR) is 159 cm³/mol. The molecule has 5 rings (SSSR count). The van der Waals surface area contributed by atoms with Gasteiger partial charge in [0.25, 0.3) is 0 Å². The van der Waals surface area contributed by atoms with Crippen molar-refractivity contribution in [3.8, 4) is 0 Å². The van der Waals surface area contributed by atoms with Crippen molar-refractivity contribution in [2.24, 2.45) is 45.8 Å². The molecule has 3 N–H and O–H groups in total. The fraction of sp³-hybridized carbons (Fsp3) is 0.735. The summed E-state index contributed by atoms with van der Waals surface area (Å²) < 4.78 is 23.6. The standard InChI is InChI=1S/C34H48O10/c1-7-8-9-20(5)29(38)44-28-26(37)30(43-25(15-35)27(28)41-6)42-17-33-14-22-19(4)10-11-23(22)32(16-36)13-21(33)12-24(18(2)3)34(32,33)31(39)40/h7-9,12,16,18-19,21-23,25-28,30,35,37H,10-11,13-15,17H2,1-6H3,(H,39,40)/b8-7+,20-9-/t19-,21-,22-,23-,25-,26+,27-,28+,30-,32+,33+,34+/m1/s1. The van der Waals surface area contributed by atoms with Gasteiger partial charge in [0.1, 0.15) is 30.0 Å². The van der Waals surface area contributed by atoms with Crippen LogP contribution in [0.1, 0.15) is 60.3 Å². The van der Waals surface area contributed by atoms with Crippen LogP contribution in [0.25, 0.3) is 0 Å². The van der Waals surface area contributed by atoms with Crippen molar-refractivity contribution in [3.63, 3.8) is 0 Å². The van der Waals surface area contributed by atoms with Crippen LogP contribution in [-0.2, 0) is 33.3 Å². The van der Waals surface area contributed by atoms with Crippen LogP contribution in [0, 0.1) is 45.8 Å². The Hall–Kier alpha value is -2.37. The third-order valence-electron chi connectivity index (χ3n) is 11.8. The number of aldehydes is 1. The quantitative estimate of drug-likeness (QED) is 0.104. The van der Waals surface area contributed by atoms with Crippen LogP contribution in [-0.4, -0.2) is 84.6 Å². The van der Waals surface area contributed by atoms with Gasteiger partial charge in [-0.3, -0.25) is 4.79 Å². The zero-order valence-electron chi connectivity index (χ0n) is 26.6. The average molecular weight is 617 g/mol. The molecule has 1 saturated heterocycles. The minimum Gasteiger partial charge on any atom is -0.481 e. The maximum atomic E-state index is 13.7. The number of carboxylic acid groups (broad SMARTS) is 1. The molecule has 10 heteroatoms. The Kier molecular flexibility index (Phi) is 9.07. The van der Waals surface area contributed by atoms with Gasteiger partial charge >= 0.3 is 11.9 Å². The molecule has 244 valence electrons. The van der Waals surface area contributed by atoms with Crippen molar-refractivity contribution >= 4 is 18.2 Å². The molecule has 1 aliphatic heterocycles. The molecule has 0 aromatic carbocycles. The van der Waals surface area contributed by atoms with E-state index in [0.717, 1.165) is 24.7 Å². The molecule has 0 aromatic heterocycles. The number of fused-ring (bicyclic) bond motifs is 2. The normalized spacial score (nSPS) is 44.6. The Morgan fingerprint density at radius 2 is 1.93 bits per heavy atom. The molecule has 0 radical (unpaired) electrons. The van der Waals surface area contributed by atoms with Gasteiger partial charge in [-0.15, -0.1) is 0 Å². The summed E-state index contributed by atoms with van der Waals surface area (Å²) in [6.45, 7) is 8.97. The molecule has 0 spiro atoms. The molecule has 12 atom stereocenters. The third kappa shape index (κ3) is 4.42. The molecular formula is C34H48O10. The van der Waals surface area contributed by atoms with E-state index >= 15 is 0 Å². The third-order valence-corrected chi connectivity index (χ3v) is 11.8. The van der Waals surface area contributed by atoms with E-state index in [1.165, 1.54) is 7.11 Å². The van der Waals surface area contributed by atoms with E-state index in [1.54, 1.807) is 25.2 Å². The molecule has 4 aliphatic carbocycles. The predicted octanol–water partition coefficient (Wildman–Crippen LogP) is 3.45. The van der Waals surface area contributed by atoms with Crippen LogP contribution in [0.3, 0.4) is 0 Å². The van der Waals surface area contributed by atoms with E-state index in [9.17, 15) is 29.7 Å². The highest BCUT2D eigenvalue weighted by Gasteiger charge is 2.84. The minimum absolute atomic E-state index is 0.0212. The van der Waals surface area contributed by atoms with Crippen LogP contribution in [0.4, 0.5) is 0 Å². The average Bonchev–Trinajstić information content (AvgIpc) is 3.57. The van der Waals surface area contributed by atoms with Gasteiger partial charge in [0.05, 0.1) is 18.6 Å². The molecule has 0 unspecified atom stereocenters. The van der Waals surface area contributed by atoms with E-state index in [-0.39, 0.29) is 30.3 Å². The number of hydrogen-bond donors (Lipinski definition) is 3. The summed E-state index contributed by atoms with van der Waals surface area (Å²) in [5, 5.41) is 32.9. The first-order valence-corrected chi connectivity index (χ1v) is 15.9. The lowest BCUT2D eigenvalue weighted by molar-refractivity contribution is -0.315. The molecule has 10 nitrogen and oxygen atoms in total.